The first kappa shape index (κ1) is 21.1. The molecule has 7 heteroatoms. The Morgan fingerprint density at radius 2 is 1.77 bits per heavy atom. The monoisotopic (exact) mass is 474 g/mol. The van der Waals surface area contributed by atoms with E-state index in [1.165, 1.54) is 38.8 Å². The van der Waals surface area contributed by atoms with Gasteiger partial charge < -0.3 is 25.0 Å². The van der Waals surface area contributed by atoms with Crippen molar-refractivity contribution in [1.29, 1.82) is 0 Å². The van der Waals surface area contributed by atoms with Crippen molar-refractivity contribution in [2.45, 2.75) is 32.1 Å². The number of anilines is 1. The van der Waals surface area contributed by atoms with E-state index in [4.69, 9.17) is 9.47 Å². The Kier molecular flexibility index (Phi) is 9.31. The van der Waals surface area contributed by atoms with Gasteiger partial charge in [0.15, 0.2) is 17.5 Å². The number of aliphatic imine (C=N–C) groups is 1. The maximum atomic E-state index is 5.74. The van der Waals surface area contributed by atoms with Crippen LogP contribution in [0.1, 0.15) is 32.1 Å². The molecule has 0 saturated carbocycles. The number of fused-ring (bicyclic) bond motifs is 1. The van der Waals surface area contributed by atoms with Crippen molar-refractivity contribution >= 4 is 35.6 Å². The van der Waals surface area contributed by atoms with Gasteiger partial charge in [0.1, 0.15) is 0 Å². The van der Waals surface area contributed by atoms with Gasteiger partial charge in [-0.05, 0) is 38.1 Å². The Morgan fingerprint density at radius 1 is 1.04 bits per heavy atom. The maximum absolute atomic E-state index is 5.74. The molecule has 1 aromatic rings. The second kappa shape index (κ2) is 11.5. The van der Waals surface area contributed by atoms with E-state index in [1.807, 2.05) is 18.2 Å². The van der Waals surface area contributed by atoms with Gasteiger partial charge in [0, 0.05) is 38.3 Å². The normalized spacial score (nSPS) is 18.3. The Balaban J connectivity index is 0.00000243. The molecule has 1 fully saturated rings. The van der Waals surface area contributed by atoms with E-state index in [9.17, 15) is 0 Å². The lowest BCUT2D eigenvalue weighted by Gasteiger charge is -2.20. The van der Waals surface area contributed by atoms with Crippen LogP contribution in [0.5, 0.6) is 11.5 Å². The fraction of sp³-hybridized carbons (Fsp3) is 0.632. The van der Waals surface area contributed by atoms with Gasteiger partial charge in [0.05, 0.1) is 13.2 Å². The van der Waals surface area contributed by atoms with E-state index in [-0.39, 0.29) is 24.0 Å². The lowest BCUT2D eigenvalue weighted by atomic mass is 10.2. The number of guanidine groups is 1. The fourth-order valence-electron chi connectivity index (χ4n) is 3.25. The predicted molar refractivity (Wildman–Crippen MR) is 117 cm³/mol. The van der Waals surface area contributed by atoms with Crippen molar-refractivity contribution in [2.24, 2.45) is 4.99 Å². The van der Waals surface area contributed by atoms with Crippen molar-refractivity contribution < 1.29 is 9.47 Å². The van der Waals surface area contributed by atoms with E-state index in [0.717, 1.165) is 42.7 Å². The highest BCUT2D eigenvalue weighted by Crippen LogP contribution is 2.32. The van der Waals surface area contributed by atoms with Crippen LogP contribution in [0.2, 0.25) is 0 Å². The Morgan fingerprint density at radius 3 is 2.50 bits per heavy atom. The zero-order chi connectivity index (χ0) is 17.3. The van der Waals surface area contributed by atoms with Crippen LogP contribution in [0.15, 0.2) is 23.2 Å². The summed E-state index contributed by atoms with van der Waals surface area (Å²) in [7, 11) is 1.80. The molecule has 1 aromatic carbocycles. The van der Waals surface area contributed by atoms with Crippen LogP contribution in [-0.2, 0) is 0 Å². The summed E-state index contributed by atoms with van der Waals surface area (Å²) in [5.41, 5.74) is 0.951. The molecule has 146 valence electrons. The van der Waals surface area contributed by atoms with E-state index in [1.54, 1.807) is 7.05 Å². The molecule has 6 nitrogen and oxygen atoms in total. The molecule has 0 radical (unpaired) electrons. The second-order valence-corrected chi connectivity index (χ2v) is 6.59. The maximum Gasteiger partial charge on any atom is 0.195 e. The zero-order valence-corrected chi connectivity index (χ0v) is 18.0. The molecule has 26 heavy (non-hydrogen) atoms. The van der Waals surface area contributed by atoms with Crippen molar-refractivity contribution in [3.63, 3.8) is 0 Å². The number of hydrogen-bond donors (Lipinski definition) is 2. The Hall–Kier alpha value is -1.22. The third kappa shape index (κ3) is 6.50. The van der Waals surface area contributed by atoms with Crippen LogP contribution >= 0.6 is 24.0 Å². The topological polar surface area (TPSA) is 58.1 Å². The standard InChI is InChI=1S/C19H30N4O2.HI/c1-20-19(21-9-12-23-10-4-2-3-5-11-23)22-16-7-8-17-18(15-16)25-14-6-13-24-17;/h7-8,15H,2-6,9-14H2,1H3,(H2,20,21,22);1H. The molecular weight excluding hydrogens is 443 g/mol. The first-order valence-corrected chi connectivity index (χ1v) is 9.45. The molecule has 2 N–H and O–H groups in total. The van der Waals surface area contributed by atoms with E-state index >= 15 is 0 Å². The first-order valence-electron chi connectivity index (χ1n) is 9.45. The molecule has 0 aromatic heterocycles. The molecule has 1 saturated heterocycles. The summed E-state index contributed by atoms with van der Waals surface area (Å²) in [6, 6.07) is 5.92. The molecule has 3 rings (SSSR count). The number of halogens is 1. The number of nitrogens with zero attached hydrogens (tertiary/aromatic N) is 2. The molecule has 0 unspecified atom stereocenters. The SMILES string of the molecule is CN=C(NCCN1CCCCCC1)Nc1ccc2c(c1)OCCCO2.I. The summed E-state index contributed by atoms with van der Waals surface area (Å²) in [6.07, 6.45) is 6.31. The highest BCUT2D eigenvalue weighted by Gasteiger charge is 2.12. The largest absolute Gasteiger partial charge is 0.490 e. The molecular formula is C19H31IN4O2. The lowest BCUT2D eigenvalue weighted by molar-refractivity contribution is 0.289. The second-order valence-electron chi connectivity index (χ2n) is 6.59. The molecule has 0 bridgehead atoms. The molecule has 0 atom stereocenters. The first-order chi connectivity index (χ1) is 12.3. The number of nitrogens with one attached hydrogen (secondary N) is 2. The molecule has 2 heterocycles. The van der Waals surface area contributed by atoms with Gasteiger partial charge in [-0.2, -0.15) is 0 Å². The third-order valence-corrected chi connectivity index (χ3v) is 4.65. The summed E-state index contributed by atoms with van der Waals surface area (Å²) in [6.45, 7) is 5.79. The average molecular weight is 474 g/mol. The molecule has 0 spiro atoms. The Labute approximate surface area is 173 Å². The van der Waals surface area contributed by atoms with Gasteiger partial charge in [-0.25, -0.2) is 0 Å². The van der Waals surface area contributed by atoms with Gasteiger partial charge in [0.2, 0.25) is 0 Å². The third-order valence-electron chi connectivity index (χ3n) is 4.65. The highest BCUT2D eigenvalue weighted by atomic mass is 127. The summed E-state index contributed by atoms with van der Waals surface area (Å²) in [5, 5.41) is 6.74. The van der Waals surface area contributed by atoms with Crippen LogP contribution in [0.25, 0.3) is 0 Å². The summed E-state index contributed by atoms with van der Waals surface area (Å²) >= 11 is 0. The van der Waals surface area contributed by atoms with Crippen molar-refractivity contribution in [2.75, 3.05) is 51.8 Å². The average Bonchev–Trinajstić information content (AvgIpc) is 3.03. The minimum absolute atomic E-state index is 0. The summed E-state index contributed by atoms with van der Waals surface area (Å²) in [4.78, 5) is 6.86. The molecule has 0 amide bonds. The molecule has 2 aliphatic rings. The van der Waals surface area contributed by atoms with Crippen LogP contribution in [0.4, 0.5) is 5.69 Å². The highest BCUT2D eigenvalue weighted by molar-refractivity contribution is 14.0. The van der Waals surface area contributed by atoms with E-state index in [0.29, 0.717) is 13.2 Å². The minimum atomic E-state index is 0. The quantitative estimate of drug-likeness (QED) is 0.399. The molecule has 0 aliphatic carbocycles. The van der Waals surface area contributed by atoms with Crippen LogP contribution in [0.3, 0.4) is 0 Å². The zero-order valence-electron chi connectivity index (χ0n) is 15.6. The van der Waals surface area contributed by atoms with Gasteiger partial charge >= 0.3 is 0 Å². The lowest BCUT2D eigenvalue weighted by Crippen LogP contribution is -2.38. The minimum Gasteiger partial charge on any atom is -0.490 e. The van der Waals surface area contributed by atoms with Crippen LogP contribution in [-0.4, -0.2) is 57.3 Å². The van der Waals surface area contributed by atoms with Crippen molar-refractivity contribution in [1.82, 2.24) is 10.2 Å². The van der Waals surface area contributed by atoms with Gasteiger partial charge in [-0.1, -0.05) is 12.8 Å². The number of ether oxygens (including phenoxy) is 2. The Bertz CT molecular complexity index is 575. The number of hydrogen-bond acceptors (Lipinski definition) is 4. The van der Waals surface area contributed by atoms with E-state index in [2.05, 4.69) is 20.5 Å². The number of rotatable bonds is 4. The predicted octanol–water partition coefficient (Wildman–Crippen LogP) is 3.33. The van der Waals surface area contributed by atoms with Crippen molar-refractivity contribution in [3.8, 4) is 11.5 Å². The summed E-state index contributed by atoms with van der Waals surface area (Å²) in [5.74, 6) is 2.39. The van der Waals surface area contributed by atoms with E-state index < -0.39 is 0 Å². The van der Waals surface area contributed by atoms with Crippen LogP contribution in [0, 0.1) is 0 Å². The number of benzene rings is 1. The number of likely N-dealkylation sites (tertiary alicyclic amines) is 1. The van der Waals surface area contributed by atoms with Gasteiger partial charge in [-0.3, -0.25) is 4.99 Å². The van der Waals surface area contributed by atoms with Crippen molar-refractivity contribution in [3.05, 3.63) is 18.2 Å². The fourth-order valence-corrected chi connectivity index (χ4v) is 3.25. The van der Waals surface area contributed by atoms with Gasteiger partial charge in [0.25, 0.3) is 0 Å². The van der Waals surface area contributed by atoms with Gasteiger partial charge in [-0.15, -0.1) is 24.0 Å². The van der Waals surface area contributed by atoms with Crippen LogP contribution < -0.4 is 20.1 Å². The molecule has 2 aliphatic heterocycles. The summed E-state index contributed by atoms with van der Waals surface area (Å²) < 4.78 is 11.4. The smallest absolute Gasteiger partial charge is 0.195 e.